The van der Waals surface area contributed by atoms with Crippen molar-refractivity contribution in [2.45, 2.75) is 51.0 Å². The molecule has 2 aromatic rings. The highest BCUT2D eigenvalue weighted by molar-refractivity contribution is 7.90. The van der Waals surface area contributed by atoms with Gasteiger partial charge in [-0.25, -0.2) is 8.42 Å². The Labute approximate surface area is 172 Å². The number of rotatable bonds is 6. The number of hydrogen-bond donors (Lipinski definition) is 2. The van der Waals surface area contributed by atoms with Crippen LogP contribution in [0.4, 0.5) is 5.69 Å². The van der Waals surface area contributed by atoms with Gasteiger partial charge >= 0.3 is 0 Å². The number of amidine groups is 1. The van der Waals surface area contributed by atoms with Crippen LogP contribution in [0.1, 0.15) is 51.2 Å². The molecule has 1 heterocycles. The molecule has 154 valence electrons. The van der Waals surface area contributed by atoms with Gasteiger partial charge in [0.25, 0.3) is 10.0 Å². The number of carbonyl (C=O) groups excluding carboxylic acids is 1. The molecule has 0 radical (unpaired) electrons. The maximum atomic E-state index is 13.1. The van der Waals surface area contributed by atoms with Crippen molar-refractivity contribution >= 4 is 27.5 Å². The van der Waals surface area contributed by atoms with E-state index in [1.54, 1.807) is 18.2 Å². The number of amides is 1. The fraction of sp³-hybridized carbons (Fsp3) is 0.364. The summed E-state index contributed by atoms with van der Waals surface area (Å²) in [4.78, 5) is 17.8. The zero-order chi connectivity index (χ0) is 21.2. The third-order valence-electron chi connectivity index (χ3n) is 5.20. The summed E-state index contributed by atoms with van der Waals surface area (Å²) in [5.41, 5.74) is 2.34. The summed E-state index contributed by atoms with van der Waals surface area (Å²) in [6, 6.07) is 13.7. The summed E-state index contributed by atoms with van der Waals surface area (Å²) in [6.45, 7) is 8.11. The minimum atomic E-state index is -3.65. The predicted octanol–water partition coefficient (Wildman–Crippen LogP) is 3.90. The molecular formula is C22H27N3O3S. The zero-order valence-corrected chi connectivity index (χ0v) is 18.0. The van der Waals surface area contributed by atoms with Crippen molar-refractivity contribution in [3.05, 3.63) is 59.7 Å². The van der Waals surface area contributed by atoms with Gasteiger partial charge in [-0.3, -0.25) is 14.5 Å². The molecule has 2 aromatic carbocycles. The second-order valence-electron chi connectivity index (χ2n) is 7.68. The summed E-state index contributed by atoms with van der Waals surface area (Å²) >= 11 is 0. The first-order valence-corrected chi connectivity index (χ1v) is 11.3. The number of fused-ring (bicyclic) bond motifs is 1. The minimum absolute atomic E-state index is 0.0620. The van der Waals surface area contributed by atoms with Gasteiger partial charge in [-0.1, -0.05) is 58.4 Å². The van der Waals surface area contributed by atoms with Gasteiger partial charge in [0, 0.05) is 11.3 Å². The average Bonchev–Trinajstić information content (AvgIpc) is 2.96. The molecule has 6 nitrogen and oxygen atoms in total. The summed E-state index contributed by atoms with van der Waals surface area (Å²) in [7, 11) is -3.65. The highest BCUT2D eigenvalue weighted by Gasteiger charge is 2.33. The van der Waals surface area contributed by atoms with E-state index in [0.717, 1.165) is 12.0 Å². The Morgan fingerprint density at radius 1 is 1.10 bits per heavy atom. The van der Waals surface area contributed by atoms with E-state index in [1.807, 2.05) is 38.1 Å². The lowest BCUT2D eigenvalue weighted by Gasteiger charge is -2.20. The van der Waals surface area contributed by atoms with Crippen LogP contribution in [0.3, 0.4) is 0 Å². The topological polar surface area (TPSA) is 87.6 Å². The highest BCUT2D eigenvalue weighted by Crippen LogP contribution is 2.25. The van der Waals surface area contributed by atoms with Crippen LogP contribution in [0, 0.1) is 5.92 Å². The first-order valence-electron chi connectivity index (χ1n) is 9.83. The summed E-state index contributed by atoms with van der Waals surface area (Å²) in [6.07, 6.45) is 0.731. The predicted molar refractivity (Wildman–Crippen MR) is 116 cm³/mol. The van der Waals surface area contributed by atoms with E-state index in [0.29, 0.717) is 17.2 Å². The van der Waals surface area contributed by atoms with E-state index in [9.17, 15) is 13.2 Å². The molecule has 2 N–H and O–H groups in total. The third kappa shape index (κ3) is 4.50. The van der Waals surface area contributed by atoms with Crippen LogP contribution in [0.15, 0.2) is 58.4 Å². The number of benzene rings is 2. The van der Waals surface area contributed by atoms with Crippen LogP contribution >= 0.6 is 0 Å². The summed E-state index contributed by atoms with van der Waals surface area (Å²) in [5.74, 6) is 0.253. The van der Waals surface area contributed by atoms with Gasteiger partial charge in [0.1, 0.15) is 11.9 Å². The maximum Gasteiger partial charge on any atom is 0.263 e. The standard InChI is InChI=1S/C22H27N3O3S/c1-5-15(4)20(22(26)23-17-10-8-9-16(13-17)14(2)3)24-21-18-11-6-7-12-19(18)29(27,28)25-21/h6-15,20H,5H2,1-4H3,(H,23,26)(H,24,25)/t15-,20-/m0/s1. The molecule has 0 spiro atoms. The van der Waals surface area contributed by atoms with Gasteiger partial charge in [-0.05, 0) is 41.7 Å². The Kier molecular flexibility index (Phi) is 6.07. The molecule has 0 saturated heterocycles. The van der Waals surface area contributed by atoms with Crippen molar-refractivity contribution < 1.29 is 13.2 Å². The van der Waals surface area contributed by atoms with Gasteiger partial charge in [-0.2, -0.15) is 0 Å². The van der Waals surface area contributed by atoms with Gasteiger partial charge in [0.15, 0.2) is 0 Å². The summed E-state index contributed by atoms with van der Waals surface area (Å²) in [5, 5.41) is 2.95. The number of nitrogens with zero attached hydrogens (tertiary/aromatic N) is 1. The molecule has 1 aliphatic rings. The second-order valence-corrected chi connectivity index (χ2v) is 9.33. The first kappa shape index (κ1) is 21.0. The molecule has 3 rings (SSSR count). The average molecular weight is 414 g/mol. The quantitative estimate of drug-likeness (QED) is 0.753. The van der Waals surface area contributed by atoms with Crippen molar-refractivity contribution in [3.8, 4) is 0 Å². The fourth-order valence-electron chi connectivity index (χ4n) is 3.23. The lowest BCUT2D eigenvalue weighted by atomic mass is 9.98. The molecule has 7 heteroatoms. The third-order valence-corrected chi connectivity index (χ3v) is 6.60. The molecule has 0 aromatic heterocycles. The molecule has 1 aliphatic heterocycles. The number of carbonyl (C=O) groups is 1. The maximum absolute atomic E-state index is 13.1. The zero-order valence-electron chi connectivity index (χ0n) is 17.1. The van der Waals surface area contributed by atoms with E-state index in [2.05, 4.69) is 28.9 Å². The molecule has 2 atom stereocenters. The van der Waals surface area contributed by atoms with Gasteiger partial charge < -0.3 is 5.32 Å². The molecule has 1 amide bonds. The molecule has 0 bridgehead atoms. The number of nitrogens with one attached hydrogen (secondary N) is 2. The number of aliphatic imine (C=N–C) groups is 1. The van der Waals surface area contributed by atoms with E-state index in [1.165, 1.54) is 6.07 Å². The summed E-state index contributed by atoms with van der Waals surface area (Å²) < 4.78 is 27.2. The van der Waals surface area contributed by atoms with E-state index < -0.39 is 16.1 Å². The van der Waals surface area contributed by atoms with Crippen molar-refractivity contribution in [2.24, 2.45) is 10.9 Å². The lowest BCUT2D eigenvalue weighted by Crippen LogP contribution is -2.34. The van der Waals surface area contributed by atoms with Gasteiger partial charge in [0.05, 0.1) is 4.90 Å². The van der Waals surface area contributed by atoms with E-state index in [-0.39, 0.29) is 22.6 Å². The van der Waals surface area contributed by atoms with Crippen LogP contribution in [0.25, 0.3) is 0 Å². The number of sulfonamides is 1. The van der Waals surface area contributed by atoms with Crippen molar-refractivity contribution in [3.63, 3.8) is 0 Å². The largest absolute Gasteiger partial charge is 0.324 e. The molecular weight excluding hydrogens is 386 g/mol. The fourth-order valence-corrected chi connectivity index (χ4v) is 4.47. The molecule has 29 heavy (non-hydrogen) atoms. The van der Waals surface area contributed by atoms with Crippen molar-refractivity contribution in [2.75, 3.05) is 5.32 Å². The lowest BCUT2D eigenvalue weighted by molar-refractivity contribution is -0.118. The highest BCUT2D eigenvalue weighted by atomic mass is 32.2. The molecule has 0 fully saturated rings. The normalized spacial score (nSPS) is 18.2. The van der Waals surface area contributed by atoms with Crippen molar-refractivity contribution in [1.29, 1.82) is 0 Å². The van der Waals surface area contributed by atoms with Crippen molar-refractivity contribution in [1.82, 2.24) is 4.72 Å². The van der Waals surface area contributed by atoms with E-state index >= 15 is 0 Å². The Balaban J connectivity index is 1.92. The first-order chi connectivity index (χ1) is 13.7. The van der Waals surface area contributed by atoms with Crippen LogP contribution in [-0.2, 0) is 14.8 Å². The van der Waals surface area contributed by atoms with Gasteiger partial charge in [0.2, 0.25) is 5.91 Å². The number of anilines is 1. The molecule has 0 aliphatic carbocycles. The Morgan fingerprint density at radius 2 is 1.83 bits per heavy atom. The molecule has 0 saturated carbocycles. The van der Waals surface area contributed by atoms with Crippen LogP contribution in [0.2, 0.25) is 0 Å². The van der Waals surface area contributed by atoms with Gasteiger partial charge in [-0.15, -0.1) is 0 Å². The Hall–Kier alpha value is -2.67. The Bertz CT molecular complexity index is 1040. The van der Waals surface area contributed by atoms with Crippen LogP contribution in [0.5, 0.6) is 0 Å². The Morgan fingerprint density at radius 3 is 2.52 bits per heavy atom. The molecule has 0 unspecified atom stereocenters. The smallest absolute Gasteiger partial charge is 0.263 e. The number of hydrogen-bond acceptors (Lipinski definition) is 4. The SMILES string of the molecule is CC[C@H](C)[C@H](N=C1NS(=O)(=O)c2ccccc21)C(=O)Nc1cccc(C(C)C)c1. The second kappa shape index (κ2) is 8.37. The van der Waals surface area contributed by atoms with Crippen LogP contribution < -0.4 is 10.0 Å². The monoisotopic (exact) mass is 413 g/mol. The van der Waals surface area contributed by atoms with Crippen LogP contribution in [-0.4, -0.2) is 26.2 Å². The minimum Gasteiger partial charge on any atom is -0.324 e. The van der Waals surface area contributed by atoms with E-state index in [4.69, 9.17) is 0 Å².